The van der Waals surface area contributed by atoms with Gasteiger partial charge >= 0.3 is 12.1 Å². The Balaban J connectivity index is 0.000000298. The van der Waals surface area contributed by atoms with Gasteiger partial charge in [0, 0.05) is 30.4 Å². The van der Waals surface area contributed by atoms with E-state index in [1.54, 1.807) is 31.0 Å². The summed E-state index contributed by atoms with van der Waals surface area (Å²) in [5.41, 5.74) is 2.26. The van der Waals surface area contributed by atoms with Crippen LogP contribution in [-0.4, -0.2) is 47.3 Å². The fraction of sp³-hybridized carbons (Fsp3) is 0.0588. The van der Waals surface area contributed by atoms with Gasteiger partial charge in [0.2, 0.25) is 5.82 Å². The largest absolute Gasteiger partial charge is 0.490 e. The minimum absolute atomic E-state index is 0.400. The summed E-state index contributed by atoms with van der Waals surface area (Å²) < 4.78 is 37.1. The van der Waals surface area contributed by atoms with E-state index in [0.29, 0.717) is 17.4 Å². The van der Waals surface area contributed by atoms with Crippen LogP contribution >= 0.6 is 0 Å². The summed E-state index contributed by atoms with van der Waals surface area (Å²) in [7, 11) is 0. The number of imidazole rings is 1. The Morgan fingerprint density at radius 3 is 2.38 bits per heavy atom. The smallest absolute Gasteiger partial charge is 0.475 e. The molecule has 0 aliphatic heterocycles. The highest BCUT2D eigenvalue weighted by Crippen LogP contribution is 2.29. The van der Waals surface area contributed by atoms with Gasteiger partial charge in [-0.15, -0.1) is 0 Å². The maximum absolute atomic E-state index is 10.6. The van der Waals surface area contributed by atoms with Crippen molar-refractivity contribution in [2.24, 2.45) is 0 Å². The van der Waals surface area contributed by atoms with E-state index in [0.717, 1.165) is 17.0 Å². The van der Waals surface area contributed by atoms with Crippen LogP contribution in [0, 0.1) is 0 Å². The third-order valence-electron chi connectivity index (χ3n) is 3.37. The molecule has 0 radical (unpaired) electrons. The van der Waals surface area contributed by atoms with E-state index >= 15 is 0 Å². The molecule has 0 amide bonds. The maximum Gasteiger partial charge on any atom is 0.490 e. The van der Waals surface area contributed by atoms with E-state index in [1.807, 2.05) is 24.3 Å². The van der Waals surface area contributed by atoms with E-state index in [9.17, 15) is 13.2 Å². The number of nitrogens with one attached hydrogen (secondary N) is 1. The van der Waals surface area contributed by atoms with Gasteiger partial charge in [0.05, 0.1) is 11.8 Å². The lowest BCUT2D eigenvalue weighted by Crippen LogP contribution is -2.21. The van der Waals surface area contributed by atoms with Crippen molar-refractivity contribution in [1.29, 1.82) is 0 Å². The predicted octanol–water partition coefficient (Wildman–Crippen LogP) is 3.22. The number of aliphatic carboxylic acids is 1. The minimum atomic E-state index is -5.08. The normalized spacial score (nSPS) is 10.9. The van der Waals surface area contributed by atoms with Gasteiger partial charge in [-0.05, 0) is 6.07 Å². The zero-order valence-corrected chi connectivity index (χ0v) is 14.3. The molecule has 1 aromatic carbocycles. The van der Waals surface area contributed by atoms with Gasteiger partial charge in [-0.25, -0.2) is 14.8 Å². The molecule has 0 bridgehead atoms. The van der Waals surface area contributed by atoms with Crippen LogP contribution in [0.1, 0.15) is 0 Å². The third kappa shape index (κ3) is 4.80. The number of aromatic amines is 1. The lowest BCUT2D eigenvalue weighted by Gasteiger charge is -2.02. The number of hydrogen-bond acceptors (Lipinski definition) is 7. The lowest BCUT2D eigenvalue weighted by atomic mass is 10.1. The third-order valence-corrected chi connectivity index (χ3v) is 3.37. The minimum Gasteiger partial charge on any atom is -0.475 e. The molecule has 4 aromatic rings. The summed E-state index contributed by atoms with van der Waals surface area (Å²) in [6.07, 6.45) is 3.15. The summed E-state index contributed by atoms with van der Waals surface area (Å²) >= 11 is 0. The van der Waals surface area contributed by atoms with Gasteiger partial charge in [-0.3, -0.25) is 4.98 Å². The first-order valence-corrected chi connectivity index (χ1v) is 7.85. The highest BCUT2D eigenvalue weighted by Gasteiger charge is 2.38. The van der Waals surface area contributed by atoms with Crippen molar-refractivity contribution in [3.8, 4) is 34.4 Å². The van der Waals surface area contributed by atoms with Crippen molar-refractivity contribution in [2.45, 2.75) is 6.18 Å². The van der Waals surface area contributed by atoms with E-state index in [2.05, 4.69) is 30.1 Å². The molecule has 0 atom stereocenters. The van der Waals surface area contributed by atoms with Gasteiger partial charge < -0.3 is 14.6 Å². The van der Waals surface area contributed by atoms with Crippen LogP contribution in [0.4, 0.5) is 13.2 Å². The molecule has 2 N–H and O–H groups in total. The zero-order chi connectivity index (χ0) is 20.9. The Bertz CT molecular complexity index is 1080. The number of halogens is 3. The van der Waals surface area contributed by atoms with Crippen molar-refractivity contribution in [3.05, 3.63) is 55.2 Å². The molecule has 0 aliphatic rings. The van der Waals surface area contributed by atoms with Gasteiger partial charge in [-0.2, -0.15) is 18.2 Å². The summed E-state index contributed by atoms with van der Waals surface area (Å²) in [6.45, 7) is 0. The molecule has 0 aliphatic carbocycles. The van der Waals surface area contributed by atoms with E-state index < -0.39 is 12.1 Å². The van der Waals surface area contributed by atoms with Crippen LogP contribution in [0.25, 0.3) is 34.4 Å². The highest BCUT2D eigenvalue weighted by molar-refractivity contribution is 5.76. The molecule has 4 rings (SSSR count). The van der Waals surface area contributed by atoms with Crippen molar-refractivity contribution in [1.82, 2.24) is 30.1 Å². The van der Waals surface area contributed by atoms with Gasteiger partial charge in [0.15, 0.2) is 0 Å². The van der Waals surface area contributed by atoms with Crippen LogP contribution in [0.2, 0.25) is 0 Å². The van der Waals surface area contributed by atoms with Gasteiger partial charge in [0.1, 0.15) is 11.5 Å². The van der Waals surface area contributed by atoms with Crippen LogP contribution in [0.3, 0.4) is 0 Å². The van der Waals surface area contributed by atoms with Crippen LogP contribution < -0.4 is 0 Å². The second-order valence-electron chi connectivity index (χ2n) is 5.30. The van der Waals surface area contributed by atoms with E-state index in [4.69, 9.17) is 14.4 Å². The first-order chi connectivity index (χ1) is 13.9. The van der Waals surface area contributed by atoms with Gasteiger partial charge in [0.25, 0.3) is 5.89 Å². The number of H-pyrrole nitrogens is 1. The number of aromatic nitrogens is 6. The monoisotopic (exact) mass is 404 g/mol. The van der Waals surface area contributed by atoms with E-state index in [1.165, 1.54) is 0 Å². The number of carboxylic acids is 1. The summed E-state index contributed by atoms with van der Waals surface area (Å²) in [5, 5.41) is 11.1. The lowest BCUT2D eigenvalue weighted by molar-refractivity contribution is -0.192. The topological polar surface area (TPSA) is 131 Å². The fourth-order valence-electron chi connectivity index (χ4n) is 2.14. The predicted molar refractivity (Wildman–Crippen MR) is 92.0 cm³/mol. The van der Waals surface area contributed by atoms with Crippen LogP contribution in [0.15, 0.2) is 59.8 Å². The van der Waals surface area contributed by atoms with Crippen LogP contribution in [0.5, 0.6) is 0 Å². The Labute approximate surface area is 160 Å². The second-order valence-corrected chi connectivity index (χ2v) is 5.30. The molecule has 0 saturated heterocycles. The Hall–Kier alpha value is -4.09. The number of benzene rings is 1. The zero-order valence-electron chi connectivity index (χ0n) is 14.3. The van der Waals surface area contributed by atoms with E-state index in [-0.39, 0.29) is 0 Å². The molecule has 29 heavy (non-hydrogen) atoms. The molecule has 3 aromatic heterocycles. The Kier molecular flexibility index (Phi) is 5.62. The fourth-order valence-corrected chi connectivity index (χ4v) is 2.14. The van der Waals surface area contributed by atoms with Crippen molar-refractivity contribution in [2.75, 3.05) is 0 Å². The first-order valence-electron chi connectivity index (χ1n) is 7.85. The maximum atomic E-state index is 10.6. The molecular formula is C17H11F3N6O3. The summed E-state index contributed by atoms with van der Waals surface area (Å²) in [5.74, 6) is -1.20. The van der Waals surface area contributed by atoms with Crippen LogP contribution in [-0.2, 0) is 4.79 Å². The molecular weight excluding hydrogens is 393 g/mol. The molecule has 0 saturated carbocycles. The highest BCUT2D eigenvalue weighted by atomic mass is 19.4. The average Bonchev–Trinajstić information content (AvgIpc) is 3.41. The number of carboxylic acid groups (broad SMARTS) is 1. The standard InChI is InChI=1S/C15H10N6O.C2HF3O2/c1-2-4-11(10(3-1)13-18-7-8-19-13)15-20-14(21-22-15)12-9-16-5-6-17-12;3-2(4,5)1(6)7/h1-9H,(H,18,19);(H,6,7). The molecule has 0 spiro atoms. The Morgan fingerprint density at radius 2 is 1.79 bits per heavy atom. The molecule has 12 heteroatoms. The number of nitrogens with zero attached hydrogens (tertiary/aromatic N) is 5. The number of alkyl halides is 3. The quantitative estimate of drug-likeness (QED) is 0.532. The first kappa shape index (κ1) is 19.7. The van der Waals surface area contributed by atoms with Crippen molar-refractivity contribution < 1.29 is 27.6 Å². The molecule has 148 valence electrons. The molecule has 9 nitrogen and oxygen atoms in total. The molecule has 0 fully saturated rings. The summed E-state index contributed by atoms with van der Waals surface area (Å²) in [6, 6.07) is 7.70. The number of hydrogen-bond donors (Lipinski definition) is 2. The SMILES string of the molecule is O=C(O)C(F)(F)F.c1ccc(-c2nc(-c3cnccn3)no2)c(-c2ncc[nH]2)c1. The van der Waals surface area contributed by atoms with Gasteiger partial charge in [-0.1, -0.05) is 23.4 Å². The van der Waals surface area contributed by atoms with Crippen molar-refractivity contribution in [3.63, 3.8) is 0 Å². The Morgan fingerprint density at radius 1 is 1.07 bits per heavy atom. The average molecular weight is 404 g/mol. The second kappa shape index (κ2) is 8.29. The molecule has 3 heterocycles. The summed E-state index contributed by atoms with van der Waals surface area (Å²) in [4.78, 5) is 28.8. The van der Waals surface area contributed by atoms with Crippen molar-refractivity contribution >= 4 is 5.97 Å². The number of carbonyl (C=O) groups is 1. The number of rotatable bonds is 3. The molecule has 0 unspecified atom stereocenters.